The van der Waals surface area contributed by atoms with Gasteiger partial charge in [0.05, 0.1) is 11.4 Å². The number of aryl methyl sites for hydroxylation is 1. The summed E-state index contributed by atoms with van der Waals surface area (Å²) in [5, 5.41) is 4.66. The minimum Gasteiger partial charge on any atom is -0.313 e. The lowest BCUT2D eigenvalue weighted by atomic mass is 10.1. The lowest BCUT2D eigenvalue weighted by Gasteiger charge is -2.07. The van der Waals surface area contributed by atoms with Gasteiger partial charge in [0, 0.05) is 45.3 Å². The van der Waals surface area contributed by atoms with Crippen molar-refractivity contribution in [2.45, 2.75) is 19.8 Å². The van der Waals surface area contributed by atoms with Gasteiger partial charge in [0.25, 0.3) is 0 Å². The van der Waals surface area contributed by atoms with Crippen LogP contribution in [0.5, 0.6) is 0 Å². The maximum Gasteiger partial charge on any atom is 0.0927 e. The highest BCUT2D eigenvalue weighted by atomic mass is 32.2. The Balaban J connectivity index is 1.83. The van der Waals surface area contributed by atoms with Crippen molar-refractivity contribution in [3.8, 4) is 16.9 Å². The second kappa shape index (κ2) is 7.11. The SMILES string of the molecule is C=S(C)(=O)Nc1ccc(-c2ccn(-c3ccnc(CCC)c3)n2)cc1. The standard InChI is InChI=1S/C19H22N4OS/c1-4-5-17-14-18(10-12-20-17)23-13-11-19(21-23)15-6-8-16(9-7-15)22-25(2,3)24/h6-14H,2,4-5H2,1,3H3,(H,22,24). The second-order valence-corrected chi connectivity index (χ2v) is 8.30. The van der Waals surface area contributed by atoms with Crippen LogP contribution in [0, 0.1) is 0 Å². The van der Waals surface area contributed by atoms with E-state index in [1.54, 1.807) is 6.26 Å². The number of anilines is 1. The maximum absolute atomic E-state index is 11.7. The molecule has 0 aliphatic rings. The molecule has 6 heteroatoms. The quantitative estimate of drug-likeness (QED) is 0.689. The van der Waals surface area contributed by atoms with Crippen molar-refractivity contribution in [1.82, 2.24) is 14.8 Å². The van der Waals surface area contributed by atoms with Crippen LogP contribution in [-0.4, -0.2) is 31.1 Å². The molecule has 0 saturated carbocycles. The van der Waals surface area contributed by atoms with Gasteiger partial charge >= 0.3 is 0 Å². The van der Waals surface area contributed by atoms with Gasteiger partial charge in [-0.1, -0.05) is 25.5 Å². The normalized spacial score (nSPS) is 13.4. The van der Waals surface area contributed by atoms with Gasteiger partial charge in [0.15, 0.2) is 0 Å². The Morgan fingerprint density at radius 1 is 1.20 bits per heavy atom. The molecule has 1 atom stereocenters. The minimum atomic E-state index is -2.27. The van der Waals surface area contributed by atoms with E-state index in [2.05, 4.69) is 33.7 Å². The third-order valence-electron chi connectivity index (χ3n) is 3.67. The molecule has 1 aromatic carbocycles. The first kappa shape index (κ1) is 17.2. The molecule has 0 amide bonds. The summed E-state index contributed by atoms with van der Waals surface area (Å²) in [7, 11) is -2.27. The molecule has 0 fully saturated rings. The summed E-state index contributed by atoms with van der Waals surface area (Å²) in [6.07, 6.45) is 7.37. The molecule has 0 saturated heterocycles. The molecule has 130 valence electrons. The Kier molecular flexibility index (Phi) is 4.90. The molecule has 0 spiro atoms. The molecule has 1 unspecified atom stereocenters. The molecule has 0 bridgehead atoms. The predicted octanol–water partition coefficient (Wildman–Crippen LogP) is 3.56. The van der Waals surface area contributed by atoms with Gasteiger partial charge < -0.3 is 4.72 Å². The highest BCUT2D eigenvalue weighted by Crippen LogP contribution is 2.21. The molecule has 0 aliphatic carbocycles. The van der Waals surface area contributed by atoms with Gasteiger partial charge in [-0.15, -0.1) is 0 Å². The average molecular weight is 354 g/mol. The number of pyridine rings is 1. The molecule has 5 nitrogen and oxygen atoms in total. The van der Waals surface area contributed by atoms with E-state index in [1.807, 2.05) is 53.5 Å². The number of nitrogens with one attached hydrogen (secondary N) is 1. The topological polar surface area (TPSA) is 59.8 Å². The summed E-state index contributed by atoms with van der Waals surface area (Å²) in [6, 6.07) is 13.7. The molecule has 0 radical (unpaired) electrons. The first-order valence-electron chi connectivity index (χ1n) is 8.16. The van der Waals surface area contributed by atoms with E-state index in [1.165, 1.54) is 0 Å². The first-order chi connectivity index (χ1) is 11.9. The zero-order valence-electron chi connectivity index (χ0n) is 14.5. The van der Waals surface area contributed by atoms with Crippen LogP contribution in [-0.2, 0) is 16.1 Å². The van der Waals surface area contributed by atoms with E-state index in [9.17, 15) is 4.21 Å². The predicted molar refractivity (Wildman–Crippen MR) is 106 cm³/mol. The van der Waals surface area contributed by atoms with Crippen molar-refractivity contribution in [1.29, 1.82) is 0 Å². The zero-order chi connectivity index (χ0) is 17.9. The number of aromatic nitrogens is 3. The molecule has 0 aliphatic heterocycles. The number of nitrogens with zero attached hydrogens (tertiary/aromatic N) is 3. The van der Waals surface area contributed by atoms with Crippen molar-refractivity contribution in [2.24, 2.45) is 0 Å². The van der Waals surface area contributed by atoms with E-state index in [0.29, 0.717) is 0 Å². The van der Waals surface area contributed by atoms with Crippen LogP contribution in [0.3, 0.4) is 0 Å². The van der Waals surface area contributed by atoms with Crippen molar-refractivity contribution in [3.05, 3.63) is 60.6 Å². The Hall–Kier alpha value is -2.60. The summed E-state index contributed by atoms with van der Waals surface area (Å²) in [4.78, 5) is 4.38. The van der Waals surface area contributed by atoms with Crippen molar-refractivity contribution >= 4 is 21.3 Å². The Morgan fingerprint density at radius 3 is 2.64 bits per heavy atom. The summed E-state index contributed by atoms with van der Waals surface area (Å²) < 4.78 is 16.5. The second-order valence-electron chi connectivity index (χ2n) is 6.09. The minimum absolute atomic E-state index is 0.782. The summed E-state index contributed by atoms with van der Waals surface area (Å²) in [5.41, 5.74) is 4.74. The fraction of sp³-hybridized carbons (Fsp3) is 0.211. The fourth-order valence-corrected chi connectivity index (χ4v) is 3.22. The van der Waals surface area contributed by atoms with Crippen molar-refractivity contribution in [3.63, 3.8) is 0 Å². The number of hydrogen-bond acceptors (Lipinski definition) is 3. The van der Waals surface area contributed by atoms with E-state index in [4.69, 9.17) is 0 Å². The largest absolute Gasteiger partial charge is 0.313 e. The van der Waals surface area contributed by atoms with Gasteiger partial charge in [-0.05, 0) is 42.6 Å². The van der Waals surface area contributed by atoms with Crippen LogP contribution in [0.1, 0.15) is 19.0 Å². The first-order valence-corrected chi connectivity index (χ1v) is 10.3. The van der Waals surface area contributed by atoms with E-state index >= 15 is 0 Å². The fourth-order valence-electron chi connectivity index (χ4n) is 2.58. The van der Waals surface area contributed by atoms with E-state index in [-0.39, 0.29) is 0 Å². The average Bonchev–Trinajstić information content (AvgIpc) is 3.05. The smallest absolute Gasteiger partial charge is 0.0927 e. The lowest BCUT2D eigenvalue weighted by Crippen LogP contribution is -2.08. The van der Waals surface area contributed by atoms with E-state index < -0.39 is 9.71 Å². The van der Waals surface area contributed by atoms with Gasteiger partial charge in [0.1, 0.15) is 0 Å². The number of benzene rings is 1. The molecule has 25 heavy (non-hydrogen) atoms. The summed E-state index contributed by atoms with van der Waals surface area (Å²) in [6.45, 7) is 2.14. The lowest BCUT2D eigenvalue weighted by molar-refractivity contribution is 0.688. The van der Waals surface area contributed by atoms with Crippen LogP contribution in [0.15, 0.2) is 54.9 Å². The highest BCUT2D eigenvalue weighted by Gasteiger charge is 2.06. The Labute approximate surface area is 148 Å². The van der Waals surface area contributed by atoms with E-state index in [0.717, 1.165) is 41.2 Å². The summed E-state index contributed by atoms with van der Waals surface area (Å²) >= 11 is 0. The molecular formula is C19H22N4OS. The summed E-state index contributed by atoms with van der Waals surface area (Å²) in [5.74, 6) is 3.60. The van der Waals surface area contributed by atoms with Crippen LogP contribution in [0.4, 0.5) is 5.69 Å². The molecular weight excluding hydrogens is 332 g/mol. The van der Waals surface area contributed by atoms with Crippen LogP contribution in [0.25, 0.3) is 16.9 Å². The molecule has 3 rings (SSSR count). The van der Waals surface area contributed by atoms with Crippen LogP contribution in [0.2, 0.25) is 0 Å². The van der Waals surface area contributed by atoms with Crippen LogP contribution >= 0.6 is 0 Å². The Morgan fingerprint density at radius 2 is 1.96 bits per heavy atom. The van der Waals surface area contributed by atoms with Crippen LogP contribution < -0.4 is 4.72 Å². The molecule has 2 heterocycles. The number of rotatable bonds is 6. The number of hydrogen-bond donors (Lipinski definition) is 1. The Bertz CT molecular complexity index is 959. The van der Waals surface area contributed by atoms with Crippen molar-refractivity contribution in [2.75, 3.05) is 11.0 Å². The van der Waals surface area contributed by atoms with Gasteiger partial charge in [-0.2, -0.15) is 5.10 Å². The van der Waals surface area contributed by atoms with Gasteiger partial charge in [-0.3, -0.25) is 4.98 Å². The maximum atomic E-state index is 11.7. The van der Waals surface area contributed by atoms with Gasteiger partial charge in [-0.25, -0.2) is 8.89 Å². The highest BCUT2D eigenvalue weighted by molar-refractivity contribution is 8.00. The van der Waals surface area contributed by atoms with Gasteiger partial charge in [0.2, 0.25) is 0 Å². The molecule has 3 aromatic rings. The van der Waals surface area contributed by atoms with Crippen molar-refractivity contribution < 1.29 is 4.21 Å². The third kappa shape index (κ3) is 4.48. The monoisotopic (exact) mass is 354 g/mol. The molecule has 1 N–H and O–H groups in total. The third-order valence-corrected chi connectivity index (χ3v) is 4.34. The zero-order valence-corrected chi connectivity index (χ0v) is 15.3. The molecule has 2 aromatic heterocycles.